The van der Waals surface area contributed by atoms with E-state index in [-0.39, 0.29) is 6.04 Å². The fourth-order valence-corrected chi connectivity index (χ4v) is 0.766. The van der Waals surface area contributed by atoms with Gasteiger partial charge in [-0.25, -0.2) is 0 Å². The topological polar surface area (TPSA) is 29.3 Å². The summed E-state index contributed by atoms with van der Waals surface area (Å²) in [4.78, 5) is 2.26. The Labute approximate surface area is 69.8 Å². The SMILES string of the molecule is CCN(CC)CC#CC(C)N. The highest BCUT2D eigenvalue weighted by atomic mass is 15.1. The highest BCUT2D eigenvalue weighted by Crippen LogP contribution is 1.83. The van der Waals surface area contributed by atoms with Gasteiger partial charge in [-0.05, 0) is 20.0 Å². The van der Waals surface area contributed by atoms with E-state index in [4.69, 9.17) is 5.73 Å². The molecule has 0 bridgehead atoms. The van der Waals surface area contributed by atoms with E-state index in [0.29, 0.717) is 0 Å². The first kappa shape index (κ1) is 10.5. The van der Waals surface area contributed by atoms with Crippen LogP contribution in [-0.4, -0.2) is 30.6 Å². The van der Waals surface area contributed by atoms with Gasteiger partial charge in [0.15, 0.2) is 0 Å². The second kappa shape index (κ2) is 6.21. The normalized spacial score (nSPS) is 12.5. The minimum absolute atomic E-state index is 0.00515. The van der Waals surface area contributed by atoms with Crippen LogP contribution in [-0.2, 0) is 0 Å². The van der Waals surface area contributed by atoms with Gasteiger partial charge in [-0.3, -0.25) is 4.90 Å². The van der Waals surface area contributed by atoms with Crippen molar-refractivity contribution in [2.45, 2.75) is 26.8 Å². The molecule has 0 saturated carbocycles. The zero-order valence-electron chi connectivity index (χ0n) is 7.72. The van der Waals surface area contributed by atoms with Crippen molar-refractivity contribution in [1.29, 1.82) is 0 Å². The molecule has 0 heterocycles. The summed E-state index contributed by atoms with van der Waals surface area (Å²) in [5, 5.41) is 0. The molecule has 0 aliphatic carbocycles. The first-order valence-corrected chi connectivity index (χ1v) is 4.17. The third-order valence-electron chi connectivity index (χ3n) is 1.53. The lowest BCUT2D eigenvalue weighted by Crippen LogP contribution is -2.23. The Morgan fingerprint density at radius 3 is 2.27 bits per heavy atom. The molecule has 0 aromatic heterocycles. The Hall–Kier alpha value is -0.520. The van der Waals surface area contributed by atoms with E-state index in [1.165, 1.54) is 0 Å². The van der Waals surface area contributed by atoms with Crippen LogP contribution in [0.3, 0.4) is 0 Å². The minimum atomic E-state index is 0.00515. The number of nitrogens with zero attached hydrogens (tertiary/aromatic N) is 1. The number of nitrogens with two attached hydrogens (primary N) is 1. The average Bonchev–Trinajstić information content (AvgIpc) is 1.98. The van der Waals surface area contributed by atoms with Crippen LogP contribution in [0, 0.1) is 11.8 Å². The highest BCUT2D eigenvalue weighted by Gasteiger charge is 1.93. The molecule has 2 N–H and O–H groups in total. The van der Waals surface area contributed by atoms with Gasteiger partial charge in [0.25, 0.3) is 0 Å². The summed E-state index contributed by atoms with van der Waals surface area (Å²) in [6, 6.07) is 0.00515. The van der Waals surface area contributed by atoms with Crippen molar-refractivity contribution in [3.8, 4) is 11.8 Å². The molecule has 0 fully saturated rings. The first-order valence-electron chi connectivity index (χ1n) is 4.17. The molecule has 11 heavy (non-hydrogen) atoms. The summed E-state index contributed by atoms with van der Waals surface area (Å²) in [5.74, 6) is 5.97. The molecule has 0 rings (SSSR count). The summed E-state index contributed by atoms with van der Waals surface area (Å²) < 4.78 is 0. The lowest BCUT2D eigenvalue weighted by molar-refractivity contribution is 0.342. The van der Waals surface area contributed by atoms with Crippen LogP contribution in [0.15, 0.2) is 0 Å². The first-order chi connectivity index (χ1) is 5.20. The van der Waals surface area contributed by atoms with Gasteiger partial charge in [-0.2, -0.15) is 0 Å². The molecule has 0 aliphatic heterocycles. The van der Waals surface area contributed by atoms with Gasteiger partial charge in [0.05, 0.1) is 12.6 Å². The summed E-state index contributed by atoms with van der Waals surface area (Å²) in [5.41, 5.74) is 5.47. The van der Waals surface area contributed by atoms with Crippen LogP contribution in [0.2, 0.25) is 0 Å². The van der Waals surface area contributed by atoms with E-state index >= 15 is 0 Å². The van der Waals surface area contributed by atoms with E-state index < -0.39 is 0 Å². The maximum Gasteiger partial charge on any atom is 0.0636 e. The zero-order valence-corrected chi connectivity index (χ0v) is 7.72. The largest absolute Gasteiger partial charge is 0.318 e. The predicted octanol–water partition coefficient (Wildman–Crippen LogP) is 0.679. The standard InChI is InChI=1S/C9H18N2/c1-4-11(5-2)8-6-7-9(3)10/h9H,4-5,8,10H2,1-3H3. The summed E-state index contributed by atoms with van der Waals surface area (Å²) in [7, 11) is 0. The molecule has 0 amide bonds. The second-order valence-electron chi connectivity index (χ2n) is 2.57. The van der Waals surface area contributed by atoms with Crippen molar-refractivity contribution in [2.24, 2.45) is 5.73 Å². The minimum Gasteiger partial charge on any atom is -0.318 e. The quantitative estimate of drug-likeness (QED) is 0.606. The molecule has 0 spiro atoms. The lowest BCUT2D eigenvalue weighted by Gasteiger charge is -2.13. The monoisotopic (exact) mass is 154 g/mol. The van der Waals surface area contributed by atoms with Gasteiger partial charge in [0, 0.05) is 0 Å². The van der Waals surface area contributed by atoms with Gasteiger partial charge >= 0.3 is 0 Å². The average molecular weight is 154 g/mol. The maximum atomic E-state index is 5.47. The molecule has 0 aliphatic rings. The van der Waals surface area contributed by atoms with Crippen molar-refractivity contribution >= 4 is 0 Å². The summed E-state index contributed by atoms with van der Waals surface area (Å²) in [6.45, 7) is 9.13. The molecular weight excluding hydrogens is 136 g/mol. The maximum absolute atomic E-state index is 5.47. The van der Waals surface area contributed by atoms with Crippen molar-refractivity contribution < 1.29 is 0 Å². The molecule has 0 saturated heterocycles. The van der Waals surface area contributed by atoms with Crippen LogP contribution >= 0.6 is 0 Å². The smallest absolute Gasteiger partial charge is 0.0636 e. The van der Waals surface area contributed by atoms with Gasteiger partial charge in [0.2, 0.25) is 0 Å². The molecule has 2 nitrogen and oxygen atoms in total. The number of rotatable bonds is 3. The molecule has 0 radical (unpaired) electrons. The van der Waals surface area contributed by atoms with E-state index in [9.17, 15) is 0 Å². The number of hydrogen-bond donors (Lipinski definition) is 1. The third-order valence-corrected chi connectivity index (χ3v) is 1.53. The summed E-state index contributed by atoms with van der Waals surface area (Å²) in [6.07, 6.45) is 0. The van der Waals surface area contributed by atoms with E-state index in [1.54, 1.807) is 0 Å². The number of hydrogen-bond acceptors (Lipinski definition) is 2. The molecule has 0 aromatic carbocycles. The molecule has 1 unspecified atom stereocenters. The van der Waals surface area contributed by atoms with Crippen LogP contribution < -0.4 is 5.73 Å². The molecule has 1 atom stereocenters. The Morgan fingerprint density at radius 2 is 1.91 bits per heavy atom. The van der Waals surface area contributed by atoms with Crippen molar-refractivity contribution in [2.75, 3.05) is 19.6 Å². The van der Waals surface area contributed by atoms with Crippen LogP contribution in [0.5, 0.6) is 0 Å². The molecule has 2 heteroatoms. The van der Waals surface area contributed by atoms with Crippen molar-refractivity contribution in [3.05, 3.63) is 0 Å². The zero-order chi connectivity index (χ0) is 8.69. The van der Waals surface area contributed by atoms with Crippen molar-refractivity contribution in [3.63, 3.8) is 0 Å². The van der Waals surface area contributed by atoms with Crippen LogP contribution in [0.25, 0.3) is 0 Å². The van der Waals surface area contributed by atoms with E-state index in [0.717, 1.165) is 19.6 Å². The Balaban J connectivity index is 3.60. The predicted molar refractivity (Wildman–Crippen MR) is 49.2 cm³/mol. The third kappa shape index (κ3) is 5.90. The Morgan fingerprint density at radius 1 is 1.36 bits per heavy atom. The molecule has 0 aromatic rings. The fraction of sp³-hybridized carbons (Fsp3) is 0.778. The van der Waals surface area contributed by atoms with Gasteiger partial charge < -0.3 is 5.73 Å². The Kier molecular flexibility index (Phi) is 5.91. The fourth-order valence-electron chi connectivity index (χ4n) is 0.766. The van der Waals surface area contributed by atoms with E-state index in [2.05, 4.69) is 30.6 Å². The molecular formula is C9H18N2. The second-order valence-corrected chi connectivity index (χ2v) is 2.57. The van der Waals surface area contributed by atoms with Gasteiger partial charge in [-0.1, -0.05) is 25.7 Å². The summed E-state index contributed by atoms with van der Waals surface area (Å²) >= 11 is 0. The highest BCUT2D eigenvalue weighted by molar-refractivity contribution is 5.06. The van der Waals surface area contributed by atoms with Crippen LogP contribution in [0.1, 0.15) is 20.8 Å². The van der Waals surface area contributed by atoms with E-state index in [1.807, 2.05) is 6.92 Å². The van der Waals surface area contributed by atoms with Gasteiger partial charge in [0.1, 0.15) is 0 Å². The molecule has 64 valence electrons. The van der Waals surface area contributed by atoms with Crippen LogP contribution in [0.4, 0.5) is 0 Å². The van der Waals surface area contributed by atoms with Gasteiger partial charge in [-0.15, -0.1) is 0 Å². The van der Waals surface area contributed by atoms with Crippen molar-refractivity contribution in [1.82, 2.24) is 4.90 Å². The lowest BCUT2D eigenvalue weighted by atomic mass is 10.3. The Bertz CT molecular complexity index is 137.